The second-order valence-electron chi connectivity index (χ2n) is 2.69. The van der Waals surface area contributed by atoms with Gasteiger partial charge in [0.05, 0.1) is 12.2 Å². The van der Waals surface area contributed by atoms with E-state index in [0.29, 0.717) is 12.2 Å². The molecule has 0 spiro atoms. The summed E-state index contributed by atoms with van der Waals surface area (Å²) in [5.41, 5.74) is 0. The zero-order chi connectivity index (χ0) is 7.40. The molecule has 1 rings (SSSR count). The molecule has 2 atom stereocenters. The maximum atomic E-state index is 5.60. The second kappa shape index (κ2) is 3.71. The SMILES string of the molecule is CCC1CCC(C=NC)O1. The first kappa shape index (κ1) is 7.73. The van der Waals surface area contributed by atoms with E-state index in [1.807, 2.05) is 6.21 Å². The van der Waals surface area contributed by atoms with Gasteiger partial charge in [-0.05, 0) is 19.3 Å². The lowest BCUT2D eigenvalue weighted by Crippen LogP contribution is -2.10. The molecule has 0 aromatic rings. The number of rotatable bonds is 2. The third kappa shape index (κ3) is 1.81. The molecule has 1 heterocycles. The Hall–Kier alpha value is -0.370. The molecule has 0 aromatic heterocycles. The van der Waals surface area contributed by atoms with Crippen molar-refractivity contribution in [3.8, 4) is 0 Å². The van der Waals surface area contributed by atoms with Crippen molar-refractivity contribution < 1.29 is 4.74 Å². The van der Waals surface area contributed by atoms with Crippen molar-refractivity contribution >= 4 is 6.21 Å². The highest BCUT2D eigenvalue weighted by Gasteiger charge is 2.21. The van der Waals surface area contributed by atoms with Crippen LogP contribution in [-0.4, -0.2) is 25.5 Å². The molecule has 1 aliphatic rings. The summed E-state index contributed by atoms with van der Waals surface area (Å²) in [6.45, 7) is 2.16. The minimum atomic E-state index is 0.301. The van der Waals surface area contributed by atoms with Crippen LogP contribution in [0.4, 0.5) is 0 Å². The lowest BCUT2D eigenvalue weighted by molar-refractivity contribution is 0.0810. The van der Waals surface area contributed by atoms with E-state index in [9.17, 15) is 0 Å². The predicted molar refractivity (Wildman–Crippen MR) is 42.6 cm³/mol. The van der Waals surface area contributed by atoms with Gasteiger partial charge in [-0.1, -0.05) is 6.92 Å². The van der Waals surface area contributed by atoms with Gasteiger partial charge in [0.25, 0.3) is 0 Å². The highest BCUT2D eigenvalue weighted by atomic mass is 16.5. The van der Waals surface area contributed by atoms with Crippen molar-refractivity contribution in [1.29, 1.82) is 0 Å². The van der Waals surface area contributed by atoms with Crippen LogP contribution < -0.4 is 0 Å². The van der Waals surface area contributed by atoms with Crippen molar-refractivity contribution in [2.45, 2.75) is 38.4 Å². The minimum absolute atomic E-state index is 0.301. The number of ether oxygens (including phenoxy) is 1. The topological polar surface area (TPSA) is 21.6 Å². The van der Waals surface area contributed by atoms with Crippen molar-refractivity contribution in [2.75, 3.05) is 7.05 Å². The van der Waals surface area contributed by atoms with Crippen molar-refractivity contribution in [1.82, 2.24) is 0 Å². The molecule has 0 aromatic carbocycles. The third-order valence-electron chi connectivity index (χ3n) is 1.91. The fraction of sp³-hybridized carbons (Fsp3) is 0.875. The molecule has 1 fully saturated rings. The number of nitrogens with zero attached hydrogens (tertiary/aromatic N) is 1. The normalized spacial score (nSPS) is 33.8. The summed E-state index contributed by atoms with van der Waals surface area (Å²) in [6, 6.07) is 0. The van der Waals surface area contributed by atoms with Crippen LogP contribution in [0.2, 0.25) is 0 Å². The fourth-order valence-electron chi connectivity index (χ4n) is 1.31. The first-order chi connectivity index (χ1) is 4.86. The molecule has 1 aliphatic heterocycles. The van der Waals surface area contributed by atoms with Gasteiger partial charge in [-0.2, -0.15) is 0 Å². The number of aliphatic imine (C=N–C) groups is 1. The van der Waals surface area contributed by atoms with E-state index in [2.05, 4.69) is 11.9 Å². The molecule has 0 saturated carbocycles. The molecule has 1 saturated heterocycles. The lowest BCUT2D eigenvalue weighted by Gasteiger charge is -2.06. The average Bonchev–Trinajstić information content (AvgIpc) is 2.37. The van der Waals surface area contributed by atoms with Crippen LogP contribution in [0.5, 0.6) is 0 Å². The van der Waals surface area contributed by atoms with Gasteiger partial charge in [0.2, 0.25) is 0 Å². The molecule has 0 aliphatic carbocycles. The molecular formula is C8H15NO. The van der Waals surface area contributed by atoms with Crippen LogP contribution in [0.25, 0.3) is 0 Å². The molecule has 2 heteroatoms. The molecule has 58 valence electrons. The Bertz CT molecular complexity index is 122. The van der Waals surface area contributed by atoms with E-state index < -0.39 is 0 Å². The Kier molecular flexibility index (Phi) is 2.87. The highest BCUT2D eigenvalue weighted by Crippen LogP contribution is 2.20. The average molecular weight is 141 g/mol. The van der Waals surface area contributed by atoms with Crippen LogP contribution in [0.1, 0.15) is 26.2 Å². The molecular weight excluding hydrogens is 126 g/mol. The Morgan fingerprint density at radius 3 is 2.90 bits per heavy atom. The standard InChI is InChI=1S/C8H15NO/c1-3-7-4-5-8(10-7)6-9-2/h6-8H,3-5H2,1-2H3. The monoisotopic (exact) mass is 141 g/mol. The molecule has 2 unspecified atom stereocenters. The Morgan fingerprint density at radius 2 is 2.40 bits per heavy atom. The van der Waals surface area contributed by atoms with E-state index in [4.69, 9.17) is 4.74 Å². The maximum absolute atomic E-state index is 5.60. The molecule has 2 nitrogen and oxygen atoms in total. The lowest BCUT2D eigenvalue weighted by atomic mass is 10.2. The Morgan fingerprint density at radius 1 is 1.60 bits per heavy atom. The van der Waals surface area contributed by atoms with Gasteiger partial charge in [0.1, 0.15) is 0 Å². The molecule has 0 N–H and O–H groups in total. The largest absolute Gasteiger partial charge is 0.369 e. The quantitative estimate of drug-likeness (QED) is 0.536. The van der Waals surface area contributed by atoms with Crippen molar-refractivity contribution in [2.24, 2.45) is 4.99 Å². The van der Waals surface area contributed by atoms with E-state index in [1.165, 1.54) is 6.42 Å². The minimum Gasteiger partial charge on any atom is -0.369 e. The fourth-order valence-corrected chi connectivity index (χ4v) is 1.31. The van der Waals surface area contributed by atoms with E-state index in [1.54, 1.807) is 7.05 Å². The number of hydrogen-bond acceptors (Lipinski definition) is 2. The van der Waals surface area contributed by atoms with Crippen LogP contribution in [0.15, 0.2) is 4.99 Å². The summed E-state index contributed by atoms with van der Waals surface area (Å²) in [5.74, 6) is 0. The van der Waals surface area contributed by atoms with Gasteiger partial charge >= 0.3 is 0 Å². The molecule has 10 heavy (non-hydrogen) atoms. The van der Waals surface area contributed by atoms with Crippen molar-refractivity contribution in [3.63, 3.8) is 0 Å². The van der Waals surface area contributed by atoms with Gasteiger partial charge in [-0.25, -0.2) is 0 Å². The second-order valence-corrected chi connectivity index (χ2v) is 2.69. The summed E-state index contributed by atoms with van der Waals surface area (Å²) in [5, 5.41) is 0. The summed E-state index contributed by atoms with van der Waals surface area (Å²) in [6.07, 6.45) is 6.17. The summed E-state index contributed by atoms with van der Waals surface area (Å²) >= 11 is 0. The third-order valence-corrected chi connectivity index (χ3v) is 1.91. The highest BCUT2D eigenvalue weighted by molar-refractivity contribution is 5.63. The van der Waals surface area contributed by atoms with E-state index in [-0.39, 0.29) is 0 Å². The van der Waals surface area contributed by atoms with Gasteiger partial charge in [0, 0.05) is 13.3 Å². The maximum Gasteiger partial charge on any atom is 0.0926 e. The van der Waals surface area contributed by atoms with Crippen molar-refractivity contribution in [3.05, 3.63) is 0 Å². The van der Waals surface area contributed by atoms with E-state index >= 15 is 0 Å². The first-order valence-corrected chi connectivity index (χ1v) is 3.94. The Labute approximate surface area is 62.3 Å². The molecule has 0 radical (unpaired) electrons. The van der Waals surface area contributed by atoms with Crippen LogP contribution >= 0.6 is 0 Å². The number of hydrogen-bond donors (Lipinski definition) is 0. The molecule has 0 bridgehead atoms. The smallest absolute Gasteiger partial charge is 0.0926 e. The van der Waals surface area contributed by atoms with Gasteiger partial charge in [-0.3, -0.25) is 4.99 Å². The van der Waals surface area contributed by atoms with Gasteiger partial charge in [-0.15, -0.1) is 0 Å². The molecule has 0 amide bonds. The summed E-state index contributed by atoms with van der Waals surface area (Å²) in [7, 11) is 1.79. The van der Waals surface area contributed by atoms with Crippen LogP contribution in [0.3, 0.4) is 0 Å². The summed E-state index contributed by atoms with van der Waals surface area (Å²) < 4.78 is 5.60. The predicted octanol–water partition coefficient (Wildman–Crippen LogP) is 1.64. The van der Waals surface area contributed by atoms with E-state index in [0.717, 1.165) is 12.8 Å². The van der Waals surface area contributed by atoms with Crippen LogP contribution in [0, 0.1) is 0 Å². The van der Waals surface area contributed by atoms with Crippen LogP contribution in [-0.2, 0) is 4.74 Å². The van der Waals surface area contributed by atoms with Gasteiger partial charge < -0.3 is 4.74 Å². The first-order valence-electron chi connectivity index (χ1n) is 3.94. The zero-order valence-electron chi connectivity index (χ0n) is 6.71. The van der Waals surface area contributed by atoms with Gasteiger partial charge in [0.15, 0.2) is 0 Å². The zero-order valence-corrected chi connectivity index (χ0v) is 6.71. The summed E-state index contributed by atoms with van der Waals surface area (Å²) in [4.78, 5) is 3.94. The Balaban J connectivity index is 2.28.